The average molecular weight is 333 g/mol. The standard InChI is InChI=1S/C17H23N3O4/c1-2-20(12-17(21)22)14-5-7-19(8-6-14)11-13-10-16(24-18-13)15-4-3-9-23-15/h3-4,9-10,14H,2,5-8,11-12H2,1H3,(H,21,22). The first kappa shape index (κ1) is 16.7. The molecule has 1 saturated heterocycles. The zero-order valence-corrected chi connectivity index (χ0v) is 13.9. The quantitative estimate of drug-likeness (QED) is 0.832. The number of hydrogen-bond acceptors (Lipinski definition) is 6. The van der Waals surface area contributed by atoms with Gasteiger partial charge in [0.1, 0.15) is 0 Å². The molecule has 0 radical (unpaired) electrons. The molecule has 1 N–H and O–H groups in total. The Morgan fingerprint density at radius 2 is 2.21 bits per heavy atom. The molecule has 0 unspecified atom stereocenters. The molecule has 7 heteroatoms. The molecule has 130 valence electrons. The van der Waals surface area contributed by atoms with Crippen molar-refractivity contribution in [2.45, 2.75) is 32.4 Å². The Morgan fingerprint density at radius 3 is 2.83 bits per heavy atom. The molecule has 0 aliphatic carbocycles. The van der Waals surface area contributed by atoms with Crippen LogP contribution >= 0.6 is 0 Å². The molecule has 24 heavy (non-hydrogen) atoms. The fourth-order valence-electron chi connectivity index (χ4n) is 3.27. The second-order valence-corrected chi connectivity index (χ2v) is 6.12. The SMILES string of the molecule is CCN(CC(=O)O)C1CCN(Cc2cc(-c3ccco3)on2)CC1. The first-order chi connectivity index (χ1) is 11.7. The number of nitrogens with zero attached hydrogens (tertiary/aromatic N) is 3. The molecule has 1 fully saturated rings. The van der Waals surface area contributed by atoms with E-state index in [1.807, 2.05) is 30.0 Å². The minimum absolute atomic E-state index is 0.122. The number of aliphatic carboxylic acids is 1. The lowest BCUT2D eigenvalue weighted by Gasteiger charge is -2.37. The van der Waals surface area contributed by atoms with E-state index in [9.17, 15) is 4.79 Å². The van der Waals surface area contributed by atoms with Crippen LogP contribution in [-0.4, -0.2) is 58.3 Å². The highest BCUT2D eigenvalue weighted by Crippen LogP contribution is 2.23. The van der Waals surface area contributed by atoms with E-state index < -0.39 is 5.97 Å². The van der Waals surface area contributed by atoms with Crippen LogP contribution in [0.15, 0.2) is 33.4 Å². The summed E-state index contributed by atoms with van der Waals surface area (Å²) in [4.78, 5) is 15.3. The van der Waals surface area contributed by atoms with Gasteiger partial charge >= 0.3 is 5.97 Å². The predicted molar refractivity (Wildman–Crippen MR) is 87.4 cm³/mol. The van der Waals surface area contributed by atoms with Gasteiger partial charge in [-0.2, -0.15) is 0 Å². The van der Waals surface area contributed by atoms with Crippen LogP contribution in [0.4, 0.5) is 0 Å². The largest absolute Gasteiger partial charge is 0.480 e. The number of furan rings is 1. The Hall–Kier alpha value is -2.12. The van der Waals surface area contributed by atoms with Gasteiger partial charge in [-0.15, -0.1) is 0 Å². The first-order valence-electron chi connectivity index (χ1n) is 8.33. The van der Waals surface area contributed by atoms with E-state index in [0.29, 0.717) is 17.6 Å². The number of carboxylic acid groups (broad SMARTS) is 1. The number of likely N-dealkylation sites (tertiary alicyclic amines) is 1. The number of carboxylic acids is 1. The van der Waals surface area contributed by atoms with Crippen molar-refractivity contribution in [3.63, 3.8) is 0 Å². The highest BCUT2D eigenvalue weighted by atomic mass is 16.5. The first-order valence-corrected chi connectivity index (χ1v) is 8.33. The third-order valence-electron chi connectivity index (χ3n) is 4.53. The van der Waals surface area contributed by atoms with Gasteiger partial charge in [-0.1, -0.05) is 12.1 Å². The van der Waals surface area contributed by atoms with Crippen molar-refractivity contribution in [1.82, 2.24) is 15.0 Å². The van der Waals surface area contributed by atoms with Crippen molar-refractivity contribution in [1.29, 1.82) is 0 Å². The number of piperidine rings is 1. The molecule has 3 rings (SSSR count). The molecular weight excluding hydrogens is 310 g/mol. The zero-order valence-electron chi connectivity index (χ0n) is 13.9. The lowest BCUT2D eigenvalue weighted by molar-refractivity contribution is -0.139. The molecular formula is C17H23N3O4. The third-order valence-corrected chi connectivity index (χ3v) is 4.53. The van der Waals surface area contributed by atoms with E-state index in [2.05, 4.69) is 10.1 Å². The van der Waals surface area contributed by atoms with E-state index in [0.717, 1.165) is 44.7 Å². The van der Waals surface area contributed by atoms with Crippen molar-refractivity contribution in [2.75, 3.05) is 26.2 Å². The summed E-state index contributed by atoms with van der Waals surface area (Å²) < 4.78 is 10.6. The Balaban J connectivity index is 1.51. The summed E-state index contributed by atoms with van der Waals surface area (Å²) in [5.41, 5.74) is 0.887. The highest BCUT2D eigenvalue weighted by Gasteiger charge is 2.25. The second kappa shape index (κ2) is 7.63. The van der Waals surface area contributed by atoms with Crippen LogP contribution in [0, 0.1) is 0 Å². The van der Waals surface area contributed by atoms with Crippen LogP contribution in [0.2, 0.25) is 0 Å². The summed E-state index contributed by atoms with van der Waals surface area (Å²) in [7, 11) is 0. The Kier molecular flexibility index (Phi) is 5.32. The Morgan fingerprint density at radius 1 is 1.42 bits per heavy atom. The second-order valence-electron chi connectivity index (χ2n) is 6.12. The maximum Gasteiger partial charge on any atom is 0.317 e. The summed E-state index contributed by atoms with van der Waals surface area (Å²) in [5.74, 6) is 0.565. The fraction of sp³-hybridized carbons (Fsp3) is 0.529. The van der Waals surface area contributed by atoms with Crippen molar-refractivity contribution < 1.29 is 18.8 Å². The van der Waals surface area contributed by atoms with E-state index >= 15 is 0 Å². The topological polar surface area (TPSA) is 83.0 Å². The van der Waals surface area contributed by atoms with Gasteiger partial charge in [0.15, 0.2) is 5.76 Å². The smallest absolute Gasteiger partial charge is 0.317 e. The van der Waals surface area contributed by atoms with Crippen LogP contribution in [0.3, 0.4) is 0 Å². The van der Waals surface area contributed by atoms with E-state index in [1.54, 1.807) is 6.26 Å². The van der Waals surface area contributed by atoms with Gasteiger partial charge in [0.25, 0.3) is 0 Å². The monoisotopic (exact) mass is 333 g/mol. The molecule has 0 spiro atoms. The summed E-state index contributed by atoms with van der Waals surface area (Å²) in [6.07, 6.45) is 3.56. The molecule has 0 bridgehead atoms. The molecule has 0 aromatic carbocycles. The van der Waals surface area contributed by atoms with Crippen LogP contribution in [0.5, 0.6) is 0 Å². The van der Waals surface area contributed by atoms with Gasteiger partial charge in [0, 0.05) is 31.7 Å². The van der Waals surface area contributed by atoms with Crippen molar-refractivity contribution in [3.05, 3.63) is 30.2 Å². The van der Waals surface area contributed by atoms with Gasteiger partial charge in [-0.25, -0.2) is 0 Å². The number of hydrogen-bond donors (Lipinski definition) is 1. The van der Waals surface area contributed by atoms with E-state index in [4.69, 9.17) is 14.0 Å². The van der Waals surface area contributed by atoms with E-state index in [1.165, 1.54) is 0 Å². The summed E-state index contributed by atoms with van der Waals surface area (Å²) in [6.45, 7) is 5.51. The van der Waals surface area contributed by atoms with Gasteiger partial charge in [-0.3, -0.25) is 14.6 Å². The van der Waals surface area contributed by atoms with Gasteiger partial charge in [-0.05, 0) is 31.5 Å². The van der Waals surface area contributed by atoms with Crippen molar-refractivity contribution in [2.24, 2.45) is 0 Å². The van der Waals surface area contributed by atoms with E-state index in [-0.39, 0.29) is 6.54 Å². The minimum atomic E-state index is -0.757. The fourth-order valence-corrected chi connectivity index (χ4v) is 3.27. The Labute approximate surface area is 140 Å². The molecule has 1 aliphatic heterocycles. The molecule has 1 aliphatic rings. The highest BCUT2D eigenvalue weighted by molar-refractivity contribution is 5.69. The van der Waals surface area contributed by atoms with Crippen LogP contribution in [0.25, 0.3) is 11.5 Å². The van der Waals surface area contributed by atoms with Gasteiger partial charge in [0.05, 0.1) is 18.5 Å². The molecule has 0 atom stereocenters. The van der Waals surface area contributed by atoms with Crippen LogP contribution < -0.4 is 0 Å². The molecule has 3 heterocycles. The van der Waals surface area contributed by atoms with Gasteiger partial charge < -0.3 is 14.0 Å². The minimum Gasteiger partial charge on any atom is -0.480 e. The summed E-state index contributed by atoms with van der Waals surface area (Å²) in [6, 6.07) is 5.92. The molecule has 2 aromatic rings. The summed E-state index contributed by atoms with van der Waals surface area (Å²) in [5, 5.41) is 13.1. The molecule has 7 nitrogen and oxygen atoms in total. The van der Waals surface area contributed by atoms with Crippen molar-refractivity contribution >= 4 is 5.97 Å². The van der Waals surface area contributed by atoms with Crippen LogP contribution in [-0.2, 0) is 11.3 Å². The Bertz CT molecular complexity index is 645. The molecule has 0 amide bonds. The maximum atomic E-state index is 10.9. The summed E-state index contributed by atoms with van der Waals surface area (Å²) >= 11 is 0. The van der Waals surface area contributed by atoms with Crippen LogP contribution in [0.1, 0.15) is 25.5 Å². The third kappa shape index (κ3) is 4.04. The normalized spacial score (nSPS) is 16.8. The number of aromatic nitrogens is 1. The van der Waals surface area contributed by atoms with Crippen molar-refractivity contribution in [3.8, 4) is 11.5 Å². The lowest BCUT2D eigenvalue weighted by Crippen LogP contribution is -2.46. The average Bonchev–Trinajstić information content (AvgIpc) is 3.24. The number of likely N-dealkylation sites (N-methyl/N-ethyl adjacent to an activating group) is 1. The number of carbonyl (C=O) groups is 1. The predicted octanol–water partition coefficient (Wildman–Crippen LogP) is 2.31. The maximum absolute atomic E-state index is 10.9. The number of rotatable bonds is 7. The zero-order chi connectivity index (χ0) is 16.9. The lowest BCUT2D eigenvalue weighted by atomic mass is 10.0. The molecule has 0 saturated carbocycles. The van der Waals surface area contributed by atoms with Gasteiger partial charge in [0.2, 0.25) is 5.76 Å². The molecule has 2 aromatic heterocycles.